The number of alkyl halides is 1. The highest BCUT2D eigenvalue weighted by molar-refractivity contribution is 9.09. The topological polar surface area (TPSA) is 64.6 Å². The van der Waals surface area contributed by atoms with E-state index in [4.69, 9.17) is 9.47 Å². The summed E-state index contributed by atoms with van der Waals surface area (Å²) < 4.78 is 10.5. The number of amides is 1. The lowest BCUT2D eigenvalue weighted by atomic mass is 9.79. The van der Waals surface area contributed by atoms with E-state index in [1.165, 1.54) is 0 Å². The maximum atomic E-state index is 12.7. The summed E-state index contributed by atoms with van der Waals surface area (Å²) in [5.41, 5.74) is 0.711. The molecule has 6 heteroatoms. The third-order valence-corrected chi connectivity index (χ3v) is 6.38. The Kier molecular flexibility index (Phi) is 3.18. The van der Waals surface area contributed by atoms with Crippen LogP contribution < -0.4 is 10.1 Å². The van der Waals surface area contributed by atoms with Crippen molar-refractivity contribution in [2.24, 2.45) is 23.7 Å². The van der Waals surface area contributed by atoms with Gasteiger partial charge in [-0.05, 0) is 36.6 Å². The van der Waals surface area contributed by atoms with Crippen LogP contribution in [0.1, 0.15) is 6.42 Å². The van der Waals surface area contributed by atoms with Gasteiger partial charge >= 0.3 is 5.97 Å². The molecule has 22 heavy (non-hydrogen) atoms. The number of halogens is 1. The fourth-order valence-corrected chi connectivity index (χ4v) is 5.28. The van der Waals surface area contributed by atoms with E-state index >= 15 is 0 Å². The van der Waals surface area contributed by atoms with Crippen molar-refractivity contribution in [1.82, 2.24) is 0 Å². The van der Waals surface area contributed by atoms with Gasteiger partial charge in [-0.25, -0.2) is 0 Å². The van der Waals surface area contributed by atoms with E-state index in [9.17, 15) is 9.59 Å². The maximum absolute atomic E-state index is 12.7. The van der Waals surface area contributed by atoms with Crippen LogP contribution in [0.15, 0.2) is 24.3 Å². The number of nitrogens with one attached hydrogen (secondary N) is 1. The normalized spacial score (nSPS) is 38.0. The van der Waals surface area contributed by atoms with Gasteiger partial charge in [0.25, 0.3) is 0 Å². The molecule has 1 aromatic carbocycles. The number of hydrogen-bond acceptors (Lipinski definition) is 4. The van der Waals surface area contributed by atoms with Gasteiger partial charge in [-0.1, -0.05) is 15.9 Å². The van der Waals surface area contributed by atoms with Crippen LogP contribution in [0, 0.1) is 23.7 Å². The number of anilines is 1. The molecule has 5 nitrogen and oxygen atoms in total. The van der Waals surface area contributed by atoms with E-state index in [1.807, 2.05) is 0 Å². The number of benzene rings is 1. The molecule has 2 aliphatic carbocycles. The minimum atomic E-state index is -0.303. The van der Waals surface area contributed by atoms with E-state index in [2.05, 4.69) is 21.2 Å². The number of rotatable bonds is 3. The van der Waals surface area contributed by atoms with Crippen molar-refractivity contribution in [1.29, 1.82) is 0 Å². The lowest BCUT2D eigenvalue weighted by Crippen LogP contribution is -2.40. The summed E-state index contributed by atoms with van der Waals surface area (Å²) in [5.74, 6) is 0.211. The van der Waals surface area contributed by atoms with Crippen LogP contribution in [0.25, 0.3) is 0 Å². The van der Waals surface area contributed by atoms with Crippen LogP contribution in [0.2, 0.25) is 0 Å². The summed E-state index contributed by atoms with van der Waals surface area (Å²) in [4.78, 5) is 24.8. The first-order valence-electron chi connectivity index (χ1n) is 7.39. The predicted octanol–water partition coefficient (Wildman–Crippen LogP) is 2.20. The van der Waals surface area contributed by atoms with Crippen LogP contribution in [0.5, 0.6) is 5.75 Å². The zero-order chi connectivity index (χ0) is 15.4. The summed E-state index contributed by atoms with van der Waals surface area (Å²) in [6.45, 7) is 0. The maximum Gasteiger partial charge on any atom is 0.310 e. The van der Waals surface area contributed by atoms with Crippen LogP contribution in [0.4, 0.5) is 5.69 Å². The Morgan fingerprint density at radius 1 is 1.32 bits per heavy atom. The molecule has 1 N–H and O–H groups in total. The van der Waals surface area contributed by atoms with E-state index < -0.39 is 0 Å². The summed E-state index contributed by atoms with van der Waals surface area (Å²) in [6.07, 6.45) is 0.838. The third kappa shape index (κ3) is 1.89. The number of esters is 1. The number of carbonyl (C=O) groups excluding carboxylic acids is 2. The molecule has 2 saturated carbocycles. The Bertz CT molecular complexity index is 632. The van der Waals surface area contributed by atoms with Crippen LogP contribution >= 0.6 is 15.9 Å². The van der Waals surface area contributed by atoms with Gasteiger partial charge in [0.1, 0.15) is 11.9 Å². The average Bonchev–Trinajstić information content (AvgIpc) is 3.12. The molecule has 0 aromatic heterocycles. The Morgan fingerprint density at radius 3 is 2.73 bits per heavy atom. The number of carbonyl (C=O) groups is 2. The predicted molar refractivity (Wildman–Crippen MR) is 82.8 cm³/mol. The number of ether oxygens (including phenoxy) is 2. The molecule has 3 aliphatic rings. The van der Waals surface area contributed by atoms with Gasteiger partial charge in [0.2, 0.25) is 5.91 Å². The minimum Gasteiger partial charge on any atom is -0.497 e. The van der Waals surface area contributed by atoms with Crippen molar-refractivity contribution < 1.29 is 19.1 Å². The molecule has 2 bridgehead atoms. The van der Waals surface area contributed by atoms with Crippen molar-refractivity contribution in [3.8, 4) is 5.75 Å². The lowest BCUT2D eigenvalue weighted by molar-refractivity contribution is -0.145. The molecular formula is C16H16BrNO4. The quantitative estimate of drug-likeness (QED) is 0.658. The monoisotopic (exact) mass is 365 g/mol. The second-order valence-corrected chi connectivity index (χ2v) is 7.24. The minimum absolute atomic E-state index is 0.0486. The molecule has 0 spiro atoms. The molecule has 1 heterocycles. The largest absolute Gasteiger partial charge is 0.497 e. The smallest absolute Gasteiger partial charge is 0.310 e. The van der Waals surface area contributed by atoms with Gasteiger partial charge < -0.3 is 14.8 Å². The van der Waals surface area contributed by atoms with Crippen molar-refractivity contribution >= 4 is 33.5 Å². The number of methoxy groups -OCH3 is 1. The Labute approximate surface area is 136 Å². The molecule has 3 fully saturated rings. The number of hydrogen-bond donors (Lipinski definition) is 1. The molecule has 1 amide bonds. The van der Waals surface area contributed by atoms with Crippen LogP contribution in [0.3, 0.4) is 0 Å². The fraction of sp³-hybridized carbons (Fsp3) is 0.500. The lowest BCUT2D eigenvalue weighted by Gasteiger charge is -2.27. The summed E-state index contributed by atoms with van der Waals surface area (Å²) >= 11 is 3.62. The van der Waals surface area contributed by atoms with E-state index in [0.29, 0.717) is 5.69 Å². The van der Waals surface area contributed by atoms with Gasteiger partial charge in [-0.15, -0.1) is 0 Å². The molecule has 0 unspecified atom stereocenters. The van der Waals surface area contributed by atoms with Crippen LogP contribution in [-0.2, 0) is 14.3 Å². The van der Waals surface area contributed by atoms with Crippen molar-refractivity contribution in [2.45, 2.75) is 17.4 Å². The molecule has 4 rings (SSSR count). The highest BCUT2D eigenvalue weighted by atomic mass is 79.9. The number of fused-ring (bicyclic) bond motifs is 1. The Balaban J connectivity index is 1.54. The average molecular weight is 366 g/mol. The van der Waals surface area contributed by atoms with Gasteiger partial charge in [-0.3, -0.25) is 9.59 Å². The van der Waals surface area contributed by atoms with Crippen molar-refractivity contribution in [3.05, 3.63) is 24.3 Å². The molecular weight excluding hydrogens is 350 g/mol. The van der Waals surface area contributed by atoms with E-state index in [1.54, 1.807) is 31.4 Å². The standard InChI is InChI=1S/C16H16BrNO4/c1-21-8-4-2-7(3-5-8)18-15(19)11-9-6-10-12(11)16(20)22-14(10)13(9)17/h2-5,9-14H,6H2,1H3,(H,18,19)/t9-,10-,11-,12+,13-,14+/m1/s1. The van der Waals surface area contributed by atoms with Gasteiger partial charge in [0.05, 0.1) is 23.8 Å². The Hall–Kier alpha value is -1.56. The second-order valence-electron chi connectivity index (χ2n) is 6.18. The fourth-order valence-electron chi connectivity index (χ4n) is 4.23. The van der Waals surface area contributed by atoms with Crippen molar-refractivity contribution in [3.63, 3.8) is 0 Å². The van der Waals surface area contributed by atoms with Crippen LogP contribution in [-0.4, -0.2) is 29.9 Å². The zero-order valence-electron chi connectivity index (χ0n) is 12.0. The third-order valence-electron chi connectivity index (χ3n) is 5.18. The SMILES string of the molecule is COc1ccc(NC(=O)[C@@H]2[C@H]3C[C@H]4[C@H](OC(=O)[C@@H]42)[C@@H]3Br)cc1. The van der Waals surface area contributed by atoms with E-state index in [-0.39, 0.29) is 46.5 Å². The molecule has 0 radical (unpaired) electrons. The Morgan fingerprint density at radius 2 is 2.05 bits per heavy atom. The first-order valence-corrected chi connectivity index (χ1v) is 8.31. The second kappa shape index (κ2) is 4.98. The first-order chi connectivity index (χ1) is 10.6. The van der Waals surface area contributed by atoms with Gasteiger partial charge in [0.15, 0.2) is 0 Å². The highest BCUT2D eigenvalue weighted by Gasteiger charge is 2.67. The summed E-state index contributed by atoms with van der Waals surface area (Å²) in [7, 11) is 1.60. The van der Waals surface area contributed by atoms with Crippen molar-refractivity contribution in [2.75, 3.05) is 12.4 Å². The van der Waals surface area contributed by atoms with Gasteiger partial charge in [-0.2, -0.15) is 0 Å². The molecule has 116 valence electrons. The summed E-state index contributed by atoms with van der Waals surface area (Å²) in [6, 6.07) is 7.18. The molecule has 1 aromatic rings. The molecule has 1 aliphatic heterocycles. The van der Waals surface area contributed by atoms with Gasteiger partial charge in [0, 0.05) is 11.6 Å². The zero-order valence-corrected chi connectivity index (χ0v) is 13.6. The first kappa shape index (κ1) is 14.1. The summed E-state index contributed by atoms with van der Waals surface area (Å²) in [5, 5.41) is 2.92. The molecule has 1 saturated heterocycles. The highest BCUT2D eigenvalue weighted by Crippen LogP contribution is 2.60. The molecule has 6 atom stereocenters. The van der Waals surface area contributed by atoms with E-state index in [0.717, 1.165) is 12.2 Å².